The van der Waals surface area contributed by atoms with E-state index in [4.69, 9.17) is 18.9 Å². The molecule has 0 radical (unpaired) electrons. The number of hydrogen-bond donors (Lipinski definition) is 0. The number of anilines is 1. The standard InChI is InChI=1S/C23H22N2O10S4/c26-38(27,28)5-1-3-24-14-7-16-18(34-12-32-16)9-20(14)36-22(24)11-23-25(4-2-6-39(29,30)31)15-8-17-19(35-13-33-17)10-21(15)37-23/h7-11H,1-6,12-13H2,(H-,26,27,28,29,30,31)/p-1. The highest BCUT2D eigenvalue weighted by molar-refractivity contribution is 8.04. The van der Waals surface area contributed by atoms with E-state index in [1.54, 1.807) is 0 Å². The molecular formula is C23H21N2O10S4-. The van der Waals surface area contributed by atoms with Crippen LogP contribution < -0.4 is 28.4 Å². The molecule has 0 N–H and O–H groups in total. The predicted molar refractivity (Wildman–Crippen MR) is 140 cm³/mol. The van der Waals surface area contributed by atoms with Crippen LogP contribution in [0, 0.1) is 0 Å². The Balaban J connectivity index is 1.40. The third-order valence-electron chi connectivity index (χ3n) is 6.25. The lowest BCUT2D eigenvalue weighted by Crippen LogP contribution is -2.36. The second-order valence-corrected chi connectivity index (χ2v) is 14.1. The largest absolute Gasteiger partial charge is 0.748 e. The molecule has 208 valence electrons. The van der Waals surface area contributed by atoms with E-state index >= 15 is 0 Å². The van der Waals surface area contributed by atoms with Crippen LogP contribution in [0.2, 0.25) is 0 Å². The third kappa shape index (κ3) is 5.62. The van der Waals surface area contributed by atoms with Gasteiger partial charge in [-0.25, -0.2) is 16.8 Å². The summed E-state index contributed by atoms with van der Waals surface area (Å²) in [6.45, 7) is 0.751. The topological polar surface area (TPSA) is 158 Å². The molecule has 4 heterocycles. The van der Waals surface area contributed by atoms with E-state index in [1.165, 1.54) is 23.1 Å². The van der Waals surface area contributed by atoms with Crippen LogP contribution in [0.25, 0.3) is 16.3 Å². The Hall–Kier alpha value is -2.76. The zero-order valence-electron chi connectivity index (χ0n) is 20.2. The molecule has 16 heteroatoms. The summed E-state index contributed by atoms with van der Waals surface area (Å²) in [5.74, 6) is 1.35. The summed E-state index contributed by atoms with van der Waals surface area (Å²) in [7, 11) is -8.76. The van der Waals surface area contributed by atoms with Gasteiger partial charge in [0.15, 0.2) is 29.5 Å². The van der Waals surface area contributed by atoms with Gasteiger partial charge in [0, 0.05) is 47.6 Å². The Labute approximate surface area is 232 Å². The average Bonchev–Trinajstić information content (AvgIpc) is 3.61. The lowest BCUT2D eigenvalue weighted by atomic mass is 10.2. The molecule has 0 unspecified atom stereocenters. The van der Waals surface area contributed by atoms with Gasteiger partial charge in [0.05, 0.1) is 43.1 Å². The molecule has 1 aromatic heterocycles. The van der Waals surface area contributed by atoms with Gasteiger partial charge in [-0.3, -0.25) is 0 Å². The Morgan fingerprint density at radius 2 is 1.49 bits per heavy atom. The molecule has 0 bridgehead atoms. The van der Waals surface area contributed by atoms with Gasteiger partial charge in [0.2, 0.25) is 19.1 Å². The number of fused-ring (bicyclic) bond motifs is 4. The molecule has 39 heavy (non-hydrogen) atoms. The number of rotatable bonds is 9. The monoisotopic (exact) mass is 613 g/mol. The highest BCUT2D eigenvalue weighted by atomic mass is 32.2. The number of ether oxygens (including phenoxy) is 4. The van der Waals surface area contributed by atoms with Gasteiger partial charge in [-0.05, 0) is 6.42 Å². The van der Waals surface area contributed by atoms with Gasteiger partial charge in [0.25, 0.3) is 5.01 Å². The first-order valence-electron chi connectivity index (χ1n) is 11.8. The fourth-order valence-corrected chi connectivity index (χ4v) is 7.87. The maximum absolute atomic E-state index is 11.3. The van der Waals surface area contributed by atoms with Crippen LogP contribution in [-0.2, 0) is 26.8 Å². The van der Waals surface area contributed by atoms with E-state index < -0.39 is 31.7 Å². The summed E-state index contributed by atoms with van der Waals surface area (Å²) in [4.78, 5) is 2.80. The number of aryl methyl sites for hydroxylation is 1. The molecule has 3 aliphatic rings. The van der Waals surface area contributed by atoms with Crippen LogP contribution in [-0.4, -0.2) is 57.6 Å². The van der Waals surface area contributed by atoms with Crippen molar-refractivity contribution in [2.45, 2.75) is 24.3 Å². The second-order valence-electron chi connectivity index (χ2n) is 8.91. The summed E-state index contributed by atoms with van der Waals surface area (Å²) in [5.41, 5.74) is 1.59. The highest BCUT2D eigenvalue weighted by Gasteiger charge is 2.32. The minimum Gasteiger partial charge on any atom is -0.748 e. The Kier molecular flexibility index (Phi) is 6.79. The van der Waals surface area contributed by atoms with Crippen molar-refractivity contribution in [3.63, 3.8) is 0 Å². The first-order chi connectivity index (χ1) is 18.5. The maximum atomic E-state index is 11.3. The van der Waals surface area contributed by atoms with Crippen LogP contribution in [0.5, 0.6) is 23.0 Å². The molecule has 0 saturated carbocycles. The van der Waals surface area contributed by atoms with Crippen LogP contribution >= 0.6 is 23.1 Å². The molecule has 2 aromatic carbocycles. The first-order valence-corrected chi connectivity index (χ1v) is 16.6. The van der Waals surface area contributed by atoms with Gasteiger partial charge in [0.1, 0.15) is 4.70 Å². The molecule has 12 nitrogen and oxygen atoms in total. The molecule has 0 amide bonds. The van der Waals surface area contributed by atoms with Crippen molar-refractivity contribution in [1.82, 2.24) is 0 Å². The normalized spacial score (nSPS) is 17.0. The fourth-order valence-electron chi connectivity index (χ4n) is 4.56. The summed E-state index contributed by atoms with van der Waals surface area (Å²) in [6.07, 6.45) is 2.16. The van der Waals surface area contributed by atoms with Gasteiger partial charge in [-0.15, -0.1) is 0 Å². The lowest BCUT2D eigenvalue weighted by molar-refractivity contribution is -0.668. The average molecular weight is 614 g/mol. The van der Waals surface area contributed by atoms with E-state index in [1.807, 2.05) is 39.8 Å². The lowest BCUT2D eigenvalue weighted by Gasteiger charge is -2.20. The molecule has 0 saturated heterocycles. The Morgan fingerprint density at radius 1 is 0.872 bits per heavy atom. The zero-order chi connectivity index (χ0) is 27.4. The molecule has 0 spiro atoms. The quantitative estimate of drug-likeness (QED) is 0.257. The van der Waals surface area contributed by atoms with Crippen molar-refractivity contribution in [2.24, 2.45) is 0 Å². The van der Waals surface area contributed by atoms with E-state index in [0.29, 0.717) is 23.0 Å². The Morgan fingerprint density at radius 3 is 2.18 bits per heavy atom. The summed E-state index contributed by atoms with van der Waals surface area (Å²) < 4.78 is 92.4. The van der Waals surface area contributed by atoms with Crippen molar-refractivity contribution >= 4 is 65.3 Å². The summed E-state index contributed by atoms with van der Waals surface area (Å²) in [6, 6.07) is 7.37. The number of hydrogen-bond acceptors (Lipinski definition) is 13. The fraction of sp³-hybridized carbons (Fsp3) is 0.348. The summed E-state index contributed by atoms with van der Waals surface area (Å²) in [5, 5.41) is 1.54. The molecule has 3 aromatic rings. The molecule has 6 rings (SSSR count). The molecule has 0 aliphatic carbocycles. The van der Waals surface area contributed by atoms with Crippen LogP contribution in [0.3, 0.4) is 0 Å². The van der Waals surface area contributed by atoms with Crippen LogP contribution in [0.1, 0.15) is 17.8 Å². The van der Waals surface area contributed by atoms with E-state index in [-0.39, 0.29) is 39.5 Å². The molecule has 3 aliphatic heterocycles. The molecule has 0 atom stereocenters. The van der Waals surface area contributed by atoms with Gasteiger partial charge < -0.3 is 33.0 Å². The van der Waals surface area contributed by atoms with E-state index in [0.717, 1.165) is 30.8 Å². The number of thiazole rings is 1. The first kappa shape index (κ1) is 26.5. The molecular weight excluding hydrogens is 593 g/mol. The van der Waals surface area contributed by atoms with Gasteiger partial charge in [-0.2, -0.15) is 4.57 Å². The highest BCUT2D eigenvalue weighted by Crippen LogP contribution is 2.52. The SMILES string of the molecule is O=S(=O)([O-])CCCN1C(=Cc2sc3cc4c(cc3[n+]2CCCS(=O)(=O)[O-])OCO4)Sc2cc3c(cc21)OCO3. The number of nitrogens with zero attached hydrogens (tertiary/aromatic N) is 2. The van der Waals surface area contributed by atoms with Crippen LogP contribution in [0.4, 0.5) is 5.69 Å². The molecule has 0 fully saturated rings. The van der Waals surface area contributed by atoms with E-state index in [2.05, 4.69) is 0 Å². The van der Waals surface area contributed by atoms with Crippen LogP contribution in [0.15, 0.2) is 34.2 Å². The maximum Gasteiger partial charge on any atom is 0.265 e. The minimum absolute atomic E-state index is 0.109. The number of aromatic nitrogens is 1. The van der Waals surface area contributed by atoms with Crippen molar-refractivity contribution in [1.29, 1.82) is 0 Å². The third-order valence-corrected chi connectivity index (χ3v) is 10.0. The van der Waals surface area contributed by atoms with Gasteiger partial charge in [-0.1, -0.05) is 23.1 Å². The van der Waals surface area contributed by atoms with Crippen molar-refractivity contribution < 1.29 is 49.5 Å². The predicted octanol–water partition coefficient (Wildman–Crippen LogP) is 2.43. The second kappa shape index (κ2) is 10.0. The smallest absolute Gasteiger partial charge is 0.265 e. The van der Waals surface area contributed by atoms with Crippen molar-refractivity contribution in [2.75, 3.05) is 36.5 Å². The van der Waals surface area contributed by atoms with Crippen molar-refractivity contribution in [3.05, 3.63) is 34.3 Å². The minimum atomic E-state index is -4.38. The number of thioether (sulfide) groups is 1. The van der Waals surface area contributed by atoms with E-state index in [9.17, 15) is 25.9 Å². The summed E-state index contributed by atoms with van der Waals surface area (Å²) >= 11 is 2.91. The van der Waals surface area contributed by atoms with Gasteiger partial charge >= 0.3 is 0 Å². The zero-order valence-corrected chi connectivity index (χ0v) is 23.4. The van der Waals surface area contributed by atoms with Crippen molar-refractivity contribution in [3.8, 4) is 23.0 Å². The Bertz CT molecular complexity index is 1720. The number of benzene rings is 2.